The highest BCUT2D eigenvalue weighted by atomic mass is 79.9. The predicted molar refractivity (Wildman–Crippen MR) is 123 cm³/mol. The highest BCUT2D eigenvalue weighted by Gasteiger charge is 2.28. The summed E-state index contributed by atoms with van der Waals surface area (Å²) in [4.78, 5) is 13.3. The predicted octanol–water partition coefficient (Wildman–Crippen LogP) is 4.73. The normalized spacial score (nSPS) is 12.7. The second-order valence-corrected chi connectivity index (χ2v) is 9.13. The molecule has 0 bridgehead atoms. The Morgan fingerprint density at radius 1 is 1.26 bits per heavy atom. The molecule has 1 atom stereocenters. The fourth-order valence-electron chi connectivity index (χ4n) is 3.88. The fourth-order valence-corrected chi connectivity index (χ4v) is 4.22. The average Bonchev–Trinajstić information content (AvgIpc) is 2.73. The van der Waals surface area contributed by atoms with Gasteiger partial charge in [-0.25, -0.2) is 9.18 Å². The summed E-state index contributed by atoms with van der Waals surface area (Å²) in [7, 11) is 1.61. The van der Waals surface area contributed by atoms with E-state index in [0.717, 1.165) is 15.8 Å². The molecule has 0 amide bonds. The van der Waals surface area contributed by atoms with Crippen LogP contribution in [0.5, 0.6) is 5.75 Å². The van der Waals surface area contributed by atoms with Crippen molar-refractivity contribution in [3.8, 4) is 5.75 Å². The second-order valence-electron chi connectivity index (χ2n) is 8.21. The summed E-state index contributed by atoms with van der Waals surface area (Å²) in [5.74, 6) is 0.727. The number of benzene rings is 2. The summed E-state index contributed by atoms with van der Waals surface area (Å²) in [5, 5.41) is 15.5. The molecule has 0 saturated carbocycles. The van der Waals surface area contributed by atoms with E-state index in [-0.39, 0.29) is 6.54 Å². The number of aliphatic hydroxyl groups is 1. The van der Waals surface area contributed by atoms with E-state index in [4.69, 9.17) is 9.26 Å². The van der Waals surface area contributed by atoms with Crippen LogP contribution in [0.3, 0.4) is 0 Å². The van der Waals surface area contributed by atoms with Crippen molar-refractivity contribution in [3.63, 3.8) is 0 Å². The molecule has 0 fully saturated rings. The van der Waals surface area contributed by atoms with E-state index in [9.17, 15) is 14.3 Å². The molecule has 6 nitrogen and oxygen atoms in total. The minimum Gasteiger partial charge on any atom is -0.496 e. The zero-order chi connectivity index (χ0) is 22.8. The van der Waals surface area contributed by atoms with Gasteiger partial charge in [0, 0.05) is 22.1 Å². The summed E-state index contributed by atoms with van der Waals surface area (Å²) in [6, 6.07) is 10.7. The van der Waals surface area contributed by atoms with E-state index < -0.39 is 23.9 Å². The molecule has 3 aromatic rings. The summed E-state index contributed by atoms with van der Waals surface area (Å²) < 4.78 is 25.0. The molecule has 0 saturated heterocycles. The molecule has 1 N–H and O–H groups in total. The van der Waals surface area contributed by atoms with E-state index in [1.54, 1.807) is 32.2 Å². The smallest absolute Gasteiger partial charge is 0.366 e. The number of hydrogen-bond donors (Lipinski definition) is 1. The van der Waals surface area contributed by atoms with Gasteiger partial charge >= 0.3 is 5.63 Å². The Labute approximate surface area is 188 Å². The van der Waals surface area contributed by atoms with Crippen LogP contribution >= 0.6 is 15.9 Å². The highest BCUT2D eigenvalue weighted by Crippen LogP contribution is 2.37. The molecule has 0 aliphatic rings. The molecule has 1 unspecified atom stereocenters. The second kappa shape index (κ2) is 9.36. The first-order valence-electron chi connectivity index (χ1n) is 9.89. The van der Waals surface area contributed by atoms with E-state index in [1.165, 1.54) is 4.90 Å². The lowest BCUT2D eigenvalue weighted by atomic mass is 9.79. The third-order valence-corrected chi connectivity index (χ3v) is 5.95. The number of fused-ring (bicyclic) bond motifs is 1. The third-order valence-electron chi connectivity index (χ3n) is 5.46. The van der Waals surface area contributed by atoms with E-state index in [2.05, 4.69) is 21.1 Å². The first-order chi connectivity index (χ1) is 14.7. The number of nitrogens with zero attached hydrogens (tertiary/aromatic N) is 2. The highest BCUT2D eigenvalue weighted by molar-refractivity contribution is 9.10. The number of aromatic nitrogens is 1. The first-order valence-corrected chi connectivity index (χ1v) is 10.7. The molecule has 0 spiro atoms. The van der Waals surface area contributed by atoms with Crippen molar-refractivity contribution in [2.75, 3.05) is 25.4 Å². The third kappa shape index (κ3) is 5.07. The first kappa shape index (κ1) is 23.2. The van der Waals surface area contributed by atoms with E-state index in [0.29, 0.717) is 28.6 Å². The van der Waals surface area contributed by atoms with Crippen LogP contribution in [0.4, 0.5) is 10.1 Å². The molecule has 31 heavy (non-hydrogen) atoms. The van der Waals surface area contributed by atoms with Gasteiger partial charge in [-0.15, -0.1) is 0 Å². The zero-order valence-electron chi connectivity index (χ0n) is 18.0. The molecule has 1 heterocycles. The number of halogens is 2. The quantitative estimate of drug-likeness (QED) is 0.458. The standard InChI is InChI=1S/C23H26BrFN2O4/c1-14-19-10-16(6-7-18(19)22(29)31-26-14)27(13-25)12-17(28)11-23(2,3)20-8-5-15(24)9-21(20)30-4/h5-10,17,28H,11-13H2,1-4H3. The van der Waals surface area contributed by atoms with Crippen LogP contribution in [0.2, 0.25) is 0 Å². The van der Waals surface area contributed by atoms with Gasteiger partial charge in [0.15, 0.2) is 6.80 Å². The van der Waals surface area contributed by atoms with Crippen molar-refractivity contribution in [2.24, 2.45) is 0 Å². The minimum absolute atomic E-state index is 0.0954. The van der Waals surface area contributed by atoms with Crippen molar-refractivity contribution < 1.29 is 18.8 Å². The topological polar surface area (TPSA) is 75.8 Å². The minimum atomic E-state index is -0.796. The van der Waals surface area contributed by atoms with Crippen LogP contribution < -0.4 is 15.3 Å². The van der Waals surface area contributed by atoms with Crippen LogP contribution in [0.1, 0.15) is 31.5 Å². The molecule has 0 aliphatic heterocycles. The SMILES string of the molecule is COc1cc(Br)ccc1C(C)(C)CC(O)CN(CF)c1ccc2c(=O)onc(C)c2c1. The van der Waals surface area contributed by atoms with Crippen LogP contribution in [0.15, 0.2) is 50.2 Å². The Bertz CT molecular complexity index is 1130. The maximum atomic E-state index is 13.9. The molecule has 2 aromatic carbocycles. The van der Waals surface area contributed by atoms with Crippen molar-refractivity contribution in [1.82, 2.24) is 5.16 Å². The summed E-state index contributed by atoms with van der Waals surface area (Å²) in [6.07, 6.45) is -0.394. The van der Waals surface area contributed by atoms with Gasteiger partial charge in [0.05, 0.1) is 24.3 Å². The number of anilines is 1. The molecule has 3 rings (SSSR count). The zero-order valence-corrected chi connectivity index (χ0v) is 19.6. The lowest BCUT2D eigenvalue weighted by molar-refractivity contribution is 0.140. The Hall–Kier alpha value is -2.45. The average molecular weight is 493 g/mol. The molecule has 1 aromatic heterocycles. The van der Waals surface area contributed by atoms with Gasteiger partial charge in [-0.1, -0.05) is 41.0 Å². The number of aryl methyl sites for hydroxylation is 1. The maximum absolute atomic E-state index is 13.9. The van der Waals surface area contributed by atoms with Crippen molar-refractivity contribution in [3.05, 3.63) is 62.5 Å². The van der Waals surface area contributed by atoms with Crippen LogP contribution in [-0.4, -0.2) is 36.8 Å². The van der Waals surface area contributed by atoms with Gasteiger partial charge in [-0.05, 0) is 54.7 Å². The summed E-state index contributed by atoms with van der Waals surface area (Å²) in [5.41, 5.74) is 1.12. The Morgan fingerprint density at radius 3 is 2.68 bits per heavy atom. The number of alkyl halides is 1. The van der Waals surface area contributed by atoms with E-state index in [1.807, 2.05) is 32.0 Å². The molecule has 0 radical (unpaired) electrons. The number of ether oxygens (including phenoxy) is 1. The molecule has 166 valence electrons. The molecular formula is C23H26BrFN2O4. The fraction of sp³-hybridized carbons (Fsp3) is 0.391. The molecule has 0 aliphatic carbocycles. The lowest BCUT2D eigenvalue weighted by Crippen LogP contribution is -2.36. The maximum Gasteiger partial charge on any atom is 0.366 e. The van der Waals surface area contributed by atoms with Gasteiger partial charge < -0.3 is 19.3 Å². The van der Waals surface area contributed by atoms with Gasteiger partial charge in [0.1, 0.15) is 5.75 Å². The van der Waals surface area contributed by atoms with Gasteiger partial charge in [0.25, 0.3) is 0 Å². The number of aliphatic hydroxyl groups excluding tert-OH is 1. The molecule has 8 heteroatoms. The van der Waals surface area contributed by atoms with E-state index >= 15 is 0 Å². The Kier molecular flexibility index (Phi) is 7.01. The van der Waals surface area contributed by atoms with Crippen LogP contribution in [0, 0.1) is 6.92 Å². The molecular weight excluding hydrogens is 467 g/mol. The monoisotopic (exact) mass is 492 g/mol. The summed E-state index contributed by atoms with van der Waals surface area (Å²) >= 11 is 3.44. The van der Waals surface area contributed by atoms with Crippen molar-refractivity contribution >= 4 is 32.4 Å². The van der Waals surface area contributed by atoms with Gasteiger partial charge in [-0.2, -0.15) is 0 Å². The Morgan fingerprint density at radius 2 is 2.00 bits per heavy atom. The lowest BCUT2D eigenvalue weighted by Gasteiger charge is -2.32. The Balaban J connectivity index is 1.81. The van der Waals surface area contributed by atoms with Crippen molar-refractivity contribution in [2.45, 2.75) is 38.7 Å². The van der Waals surface area contributed by atoms with Gasteiger partial charge in [0.2, 0.25) is 0 Å². The number of methoxy groups -OCH3 is 1. The van der Waals surface area contributed by atoms with Crippen LogP contribution in [0.25, 0.3) is 10.8 Å². The van der Waals surface area contributed by atoms with Crippen LogP contribution in [-0.2, 0) is 5.41 Å². The van der Waals surface area contributed by atoms with Crippen molar-refractivity contribution in [1.29, 1.82) is 0 Å². The number of rotatable bonds is 8. The van der Waals surface area contributed by atoms with Gasteiger partial charge in [-0.3, -0.25) is 0 Å². The number of hydrogen-bond acceptors (Lipinski definition) is 6. The summed E-state index contributed by atoms with van der Waals surface area (Å²) in [6.45, 7) is 5.08. The largest absolute Gasteiger partial charge is 0.496 e.